The van der Waals surface area contributed by atoms with Gasteiger partial charge < -0.3 is 14.9 Å². The normalized spacial score (nSPS) is 34.1. The molecule has 33 heavy (non-hydrogen) atoms. The molecule has 3 aliphatic rings. The van der Waals surface area contributed by atoms with E-state index in [1.807, 2.05) is 0 Å². The van der Waals surface area contributed by atoms with Crippen LogP contribution >= 0.6 is 0 Å². The zero-order valence-corrected chi connectivity index (χ0v) is 20.8. The van der Waals surface area contributed by atoms with Crippen molar-refractivity contribution in [3.63, 3.8) is 0 Å². The molecule has 1 aromatic carbocycles. The molecule has 1 fully saturated rings. The van der Waals surface area contributed by atoms with Crippen LogP contribution in [0.5, 0.6) is 17.2 Å². The molecule has 180 valence electrons. The molecule has 0 radical (unpaired) electrons. The second kappa shape index (κ2) is 8.18. The molecular weight excluding hydrogens is 416 g/mol. The molecule has 2 aliphatic carbocycles. The monoisotopic (exact) mass is 454 g/mol. The van der Waals surface area contributed by atoms with Crippen LogP contribution in [0.1, 0.15) is 106 Å². The van der Waals surface area contributed by atoms with Crippen molar-refractivity contribution in [2.24, 2.45) is 29.1 Å². The zero-order chi connectivity index (χ0) is 24.3. The summed E-state index contributed by atoms with van der Waals surface area (Å²) in [4.78, 5) is 23.9. The Labute approximate surface area is 197 Å². The van der Waals surface area contributed by atoms with Crippen LogP contribution in [0.15, 0.2) is 11.6 Å². The van der Waals surface area contributed by atoms with Gasteiger partial charge in [-0.25, -0.2) is 0 Å². The molecule has 2 N–H and O–H groups in total. The average molecular weight is 455 g/mol. The first-order chi connectivity index (χ1) is 15.5. The average Bonchev–Trinajstić information content (AvgIpc) is 3.25. The summed E-state index contributed by atoms with van der Waals surface area (Å²) in [6.07, 6.45) is 7.99. The molecule has 0 bridgehead atoms. The molecule has 0 unspecified atom stereocenters. The van der Waals surface area contributed by atoms with E-state index in [-0.39, 0.29) is 39.9 Å². The van der Waals surface area contributed by atoms with E-state index in [4.69, 9.17) is 4.74 Å². The first-order valence-corrected chi connectivity index (χ1v) is 12.3. The zero-order valence-electron chi connectivity index (χ0n) is 20.8. The fourth-order valence-corrected chi connectivity index (χ4v) is 7.11. The lowest BCUT2D eigenvalue weighted by molar-refractivity contribution is -0.0348. The van der Waals surface area contributed by atoms with Gasteiger partial charge in [0.2, 0.25) is 0 Å². The number of benzene rings is 1. The Bertz CT molecular complexity index is 1000. The molecule has 5 atom stereocenters. The number of ether oxygens (including phenoxy) is 1. The molecule has 1 aromatic rings. The van der Waals surface area contributed by atoms with Crippen molar-refractivity contribution in [1.29, 1.82) is 0 Å². The highest BCUT2D eigenvalue weighted by molar-refractivity contribution is 5.95. The van der Waals surface area contributed by atoms with Gasteiger partial charge in [0, 0.05) is 11.5 Å². The van der Waals surface area contributed by atoms with Crippen LogP contribution in [0.3, 0.4) is 0 Å². The quantitative estimate of drug-likeness (QED) is 0.405. The minimum atomic E-state index is -0.559. The van der Waals surface area contributed by atoms with Gasteiger partial charge in [-0.1, -0.05) is 39.3 Å². The summed E-state index contributed by atoms with van der Waals surface area (Å²) in [6, 6.07) is 0. The lowest BCUT2D eigenvalue weighted by Gasteiger charge is -2.49. The van der Waals surface area contributed by atoms with E-state index in [0.29, 0.717) is 35.9 Å². The predicted octanol–water partition coefficient (Wildman–Crippen LogP) is 6.41. The molecule has 5 nitrogen and oxygen atoms in total. The Hall–Kier alpha value is -2.30. The van der Waals surface area contributed by atoms with Crippen molar-refractivity contribution in [3.8, 4) is 17.2 Å². The van der Waals surface area contributed by atoms with Gasteiger partial charge >= 0.3 is 0 Å². The Morgan fingerprint density at radius 2 is 1.76 bits per heavy atom. The first-order valence-electron chi connectivity index (χ1n) is 12.3. The maximum Gasteiger partial charge on any atom is 0.157 e. The van der Waals surface area contributed by atoms with E-state index in [2.05, 4.69) is 47.6 Å². The third-order valence-corrected chi connectivity index (χ3v) is 8.82. The van der Waals surface area contributed by atoms with E-state index in [9.17, 15) is 19.8 Å². The molecule has 1 aliphatic heterocycles. The fraction of sp³-hybridized carbons (Fsp3) is 0.643. The minimum Gasteiger partial charge on any atom is -0.507 e. The Morgan fingerprint density at radius 1 is 1.09 bits per heavy atom. The second-order valence-corrected chi connectivity index (χ2v) is 11.8. The highest BCUT2D eigenvalue weighted by Gasteiger charge is 2.66. The molecule has 0 aromatic heterocycles. The van der Waals surface area contributed by atoms with Crippen molar-refractivity contribution < 1.29 is 24.5 Å². The third kappa shape index (κ3) is 3.68. The number of carbonyl (C=O) groups is 2. The predicted molar refractivity (Wildman–Crippen MR) is 128 cm³/mol. The minimum absolute atomic E-state index is 0.0336. The summed E-state index contributed by atoms with van der Waals surface area (Å²) in [5.41, 5.74) is 1.28. The van der Waals surface area contributed by atoms with Crippen LogP contribution in [0.2, 0.25) is 0 Å². The second-order valence-electron chi connectivity index (χ2n) is 11.8. The van der Waals surface area contributed by atoms with Crippen molar-refractivity contribution in [2.75, 3.05) is 0 Å². The smallest absolute Gasteiger partial charge is 0.157 e. The van der Waals surface area contributed by atoms with E-state index in [1.54, 1.807) is 0 Å². The third-order valence-electron chi connectivity index (χ3n) is 8.82. The number of hydrogen-bond donors (Lipinski definition) is 2. The van der Waals surface area contributed by atoms with Gasteiger partial charge in [-0.05, 0) is 75.0 Å². The summed E-state index contributed by atoms with van der Waals surface area (Å²) >= 11 is 0. The summed E-state index contributed by atoms with van der Waals surface area (Å²) < 4.78 is 6.68. The number of hydrogen-bond acceptors (Lipinski definition) is 5. The number of phenols is 2. The molecule has 5 heteroatoms. The number of allylic oxidation sites excluding steroid dienone is 2. The maximum atomic E-state index is 12.1. The lowest BCUT2D eigenvalue weighted by atomic mass is 9.64. The summed E-state index contributed by atoms with van der Waals surface area (Å²) in [7, 11) is 0. The number of rotatable bonds is 4. The van der Waals surface area contributed by atoms with Crippen molar-refractivity contribution in [3.05, 3.63) is 28.3 Å². The van der Waals surface area contributed by atoms with Gasteiger partial charge in [0.25, 0.3) is 0 Å². The van der Waals surface area contributed by atoms with Crippen molar-refractivity contribution in [1.82, 2.24) is 0 Å². The lowest BCUT2D eigenvalue weighted by Crippen LogP contribution is -2.49. The van der Waals surface area contributed by atoms with Gasteiger partial charge in [-0.3, -0.25) is 9.59 Å². The standard InChI is InChI=1S/C28H38O5/c1-15(2)12-17-21-25(32)18(13-29)24(31)19(14-30)26(21)33-28(6)11-7-8-16(3)9-10-20-23(22(17)28)27(20,4)5/h8,13-15,17,20,22-23,31-32H,7,9-12H2,1-6H3/b16-8+/t17-,20-,22-,23+,28-/m0/s1. The van der Waals surface area contributed by atoms with Crippen LogP contribution in [0, 0.1) is 29.1 Å². The topological polar surface area (TPSA) is 83.8 Å². The highest BCUT2D eigenvalue weighted by Crippen LogP contribution is 2.71. The summed E-state index contributed by atoms with van der Waals surface area (Å²) in [6.45, 7) is 13.3. The Kier molecular flexibility index (Phi) is 5.91. The van der Waals surface area contributed by atoms with Crippen LogP contribution in [-0.2, 0) is 0 Å². The van der Waals surface area contributed by atoms with Crippen molar-refractivity contribution in [2.45, 2.75) is 85.2 Å². The fourth-order valence-electron chi connectivity index (χ4n) is 7.11. The largest absolute Gasteiger partial charge is 0.507 e. The highest BCUT2D eigenvalue weighted by atomic mass is 16.5. The number of phenolic OH excluding ortho intramolecular Hbond substituents is 2. The Morgan fingerprint density at radius 3 is 2.36 bits per heavy atom. The van der Waals surface area contributed by atoms with Gasteiger partial charge in [-0.15, -0.1) is 0 Å². The van der Waals surface area contributed by atoms with Gasteiger partial charge in [0.15, 0.2) is 12.6 Å². The molecule has 1 saturated carbocycles. The summed E-state index contributed by atoms with van der Waals surface area (Å²) in [5, 5.41) is 21.8. The maximum absolute atomic E-state index is 12.1. The molecule has 0 saturated heterocycles. The van der Waals surface area contributed by atoms with E-state index < -0.39 is 11.4 Å². The summed E-state index contributed by atoms with van der Waals surface area (Å²) in [5.74, 6) is 0.888. The Balaban J connectivity index is 1.98. The molecule has 4 rings (SSSR count). The van der Waals surface area contributed by atoms with Crippen molar-refractivity contribution >= 4 is 12.6 Å². The first kappa shape index (κ1) is 23.8. The molecule has 1 heterocycles. The number of aromatic hydroxyl groups is 2. The van der Waals surface area contributed by atoms with Crippen LogP contribution < -0.4 is 4.74 Å². The number of aldehydes is 2. The van der Waals surface area contributed by atoms with E-state index in [1.165, 1.54) is 5.57 Å². The SMILES string of the molecule is C/C1=C\CC[C@]2(C)Oc3c(C=O)c(O)c(C=O)c(O)c3[C@H](CC(C)C)[C@H]2[C@H]2[C@H](CC1)C2(C)C. The van der Waals surface area contributed by atoms with E-state index in [0.717, 1.165) is 32.1 Å². The van der Waals surface area contributed by atoms with Crippen LogP contribution in [0.25, 0.3) is 0 Å². The van der Waals surface area contributed by atoms with E-state index >= 15 is 0 Å². The number of fused-ring (bicyclic) bond motifs is 4. The van der Waals surface area contributed by atoms with Gasteiger partial charge in [-0.2, -0.15) is 0 Å². The van der Waals surface area contributed by atoms with Crippen LogP contribution in [0.4, 0.5) is 0 Å². The molecule has 0 amide bonds. The number of carbonyl (C=O) groups excluding carboxylic acids is 2. The van der Waals surface area contributed by atoms with Crippen LogP contribution in [-0.4, -0.2) is 28.4 Å². The molecular formula is C28H38O5. The molecule has 0 spiro atoms. The van der Waals surface area contributed by atoms with Gasteiger partial charge in [0.05, 0.1) is 11.1 Å². The van der Waals surface area contributed by atoms with Gasteiger partial charge in [0.1, 0.15) is 22.8 Å².